The number of benzene rings is 2. The molecule has 0 aliphatic heterocycles. The van der Waals surface area contributed by atoms with Gasteiger partial charge in [-0.05, 0) is 52.5 Å². The van der Waals surface area contributed by atoms with E-state index in [9.17, 15) is 9.18 Å². The average molecular weight is 351 g/mol. The van der Waals surface area contributed by atoms with Crippen molar-refractivity contribution in [1.82, 2.24) is 0 Å². The van der Waals surface area contributed by atoms with Crippen LogP contribution in [0.1, 0.15) is 11.1 Å². The molecule has 0 spiro atoms. The van der Waals surface area contributed by atoms with Gasteiger partial charge in [-0.3, -0.25) is 4.79 Å². The first-order valence-electron chi connectivity index (χ1n) is 6.53. The van der Waals surface area contributed by atoms with Crippen LogP contribution in [0.15, 0.2) is 46.9 Å². The number of nitrogens with two attached hydrogens (primary N) is 1. The van der Waals surface area contributed by atoms with E-state index in [-0.39, 0.29) is 5.91 Å². The molecule has 0 aliphatic rings. The molecular formula is C16H16BrFN2O. The summed E-state index contributed by atoms with van der Waals surface area (Å²) in [5.41, 5.74) is 8.09. The highest BCUT2D eigenvalue weighted by Crippen LogP contribution is 2.24. The van der Waals surface area contributed by atoms with E-state index in [4.69, 9.17) is 5.73 Å². The molecule has 0 saturated carbocycles. The first-order valence-corrected chi connectivity index (χ1v) is 7.32. The van der Waals surface area contributed by atoms with E-state index in [2.05, 4.69) is 21.2 Å². The average Bonchev–Trinajstić information content (AvgIpc) is 2.45. The number of carbonyl (C=O) groups is 1. The van der Waals surface area contributed by atoms with Gasteiger partial charge in [0.05, 0.1) is 10.5 Å². The molecule has 5 heteroatoms. The van der Waals surface area contributed by atoms with Gasteiger partial charge in [0.25, 0.3) is 0 Å². The summed E-state index contributed by atoms with van der Waals surface area (Å²) in [5.74, 6) is -0.754. The zero-order chi connectivity index (χ0) is 15.4. The molecule has 0 fully saturated rings. The minimum atomic E-state index is -0.682. The fourth-order valence-electron chi connectivity index (χ4n) is 1.97. The van der Waals surface area contributed by atoms with Gasteiger partial charge in [0.1, 0.15) is 5.82 Å². The Bertz CT molecular complexity index is 646. The van der Waals surface area contributed by atoms with Crippen molar-refractivity contribution in [3.63, 3.8) is 0 Å². The van der Waals surface area contributed by atoms with Gasteiger partial charge in [0.2, 0.25) is 5.91 Å². The molecular weight excluding hydrogens is 335 g/mol. The monoisotopic (exact) mass is 350 g/mol. The van der Waals surface area contributed by atoms with E-state index < -0.39 is 11.9 Å². The second-order valence-corrected chi connectivity index (χ2v) is 5.72. The summed E-state index contributed by atoms with van der Waals surface area (Å²) < 4.78 is 13.9. The number of hydrogen-bond donors (Lipinski definition) is 2. The van der Waals surface area contributed by atoms with Crippen LogP contribution in [0.5, 0.6) is 0 Å². The van der Waals surface area contributed by atoms with E-state index in [0.29, 0.717) is 16.6 Å². The summed E-state index contributed by atoms with van der Waals surface area (Å²) >= 11 is 3.11. The van der Waals surface area contributed by atoms with Crippen molar-refractivity contribution in [1.29, 1.82) is 0 Å². The van der Waals surface area contributed by atoms with Crippen LogP contribution in [0.25, 0.3) is 0 Å². The lowest BCUT2D eigenvalue weighted by Gasteiger charge is -2.14. The predicted octanol–water partition coefficient (Wildman–Crippen LogP) is 3.41. The minimum Gasteiger partial charge on any atom is -0.324 e. The number of anilines is 1. The third kappa shape index (κ3) is 4.12. The largest absolute Gasteiger partial charge is 0.324 e. The first-order chi connectivity index (χ1) is 9.97. The molecule has 0 heterocycles. The molecule has 21 heavy (non-hydrogen) atoms. The van der Waals surface area contributed by atoms with Gasteiger partial charge in [0.15, 0.2) is 0 Å². The lowest BCUT2D eigenvalue weighted by molar-refractivity contribution is -0.117. The molecule has 0 bridgehead atoms. The van der Waals surface area contributed by atoms with E-state index in [1.165, 1.54) is 6.07 Å². The van der Waals surface area contributed by atoms with Crippen molar-refractivity contribution in [3.05, 3.63) is 63.9 Å². The van der Waals surface area contributed by atoms with E-state index in [0.717, 1.165) is 11.1 Å². The van der Waals surface area contributed by atoms with Crippen LogP contribution in [0.3, 0.4) is 0 Å². The molecule has 2 aromatic carbocycles. The maximum absolute atomic E-state index is 13.5. The number of amides is 1. The van der Waals surface area contributed by atoms with Crippen LogP contribution in [0.4, 0.5) is 10.1 Å². The summed E-state index contributed by atoms with van der Waals surface area (Å²) in [6.45, 7) is 1.79. The van der Waals surface area contributed by atoms with Gasteiger partial charge in [-0.15, -0.1) is 0 Å². The van der Waals surface area contributed by atoms with Crippen molar-refractivity contribution in [3.8, 4) is 0 Å². The molecule has 2 aromatic rings. The van der Waals surface area contributed by atoms with Gasteiger partial charge in [-0.1, -0.05) is 30.3 Å². The highest BCUT2D eigenvalue weighted by atomic mass is 79.9. The van der Waals surface area contributed by atoms with E-state index in [1.807, 2.05) is 30.3 Å². The molecule has 2 rings (SSSR count). The third-order valence-electron chi connectivity index (χ3n) is 3.16. The third-order valence-corrected chi connectivity index (χ3v) is 3.77. The molecule has 0 saturated heterocycles. The summed E-state index contributed by atoms with van der Waals surface area (Å²) in [5, 5.41) is 2.67. The Morgan fingerprint density at radius 3 is 2.67 bits per heavy atom. The van der Waals surface area contributed by atoms with Crippen molar-refractivity contribution >= 4 is 27.5 Å². The summed E-state index contributed by atoms with van der Waals surface area (Å²) in [7, 11) is 0. The zero-order valence-corrected chi connectivity index (χ0v) is 13.2. The number of nitrogens with one attached hydrogen (secondary N) is 1. The summed E-state index contributed by atoms with van der Waals surface area (Å²) in [6, 6.07) is 11.7. The Labute approximate surface area is 131 Å². The second-order valence-electron chi connectivity index (χ2n) is 4.87. The SMILES string of the molecule is Cc1cc(Br)c(F)cc1NC(=O)[C@@H](N)Cc1ccccc1. The maximum Gasteiger partial charge on any atom is 0.241 e. The Kier molecular flexibility index (Phi) is 5.09. The maximum atomic E-state index is 13.5. The van der Waals surface area contributed by atoms with Crippen LogP contribution >= 0.6 is 15.9 Å². The lowest BCUT2D eigenvalue weighted by Crippen LogP contribution is -2.37. The van der Waals surface area contributed by atoms with Gasteiger partial charge in [0, 0.05) is 5.69 Å². The number of rotatable bonds is 4. The normalized spacial score (nSPS) is 12.0. The molecule has 1 amide bonds. The van der Waals surface area contributed by atoms with Gasteiger partial charge < -0.3 is 11.1 Å². The molecule has 0 aliphatic carbocycles. The molecule has 0 radical (unpaired) electrons. The van der Waals surface area contributed by atoms with Gasteiger partial charge in [-0.2, -0.15) is 0 Å². The van der Waals surface area contributed by atoms with Crippen LogP contribution in [-0.4, -0.2) is 11.9 Å². The van der Waals surface area contributed by atoms with E-state index >= 15 is 0 Å². The molecule has 0 unspecified atom stereocenters. The van der Waals surface area contributed by atoms with E-state index in [1.54, 1.807) is 13.0 Å². The quantitative estimate of drug-likeness (QED) is 0.887. The second kappa shape index (κ2) is 6.83. The molecule has 1 atom stereocenters. The number of hydrogen-bond acceptors (Lipinski definition) is 2. The smallest absolute Gasteiger partial charge is 0.241 e. The number of halogens is 2. The molecule has 3 N–H and O–H groups in total. The van der Waals surface area contributed by atoms with Crippen molar-refractivity contribution in [2.75, 3.05) is 5.32 Å². The zero-order valence-electron chi connectivity index (χ0n) is 11.6. The first kappa shape index (κ1) is 15.7. The molecule has 0 aromatic heterocycles. The van der Waals surface area contributed by atoms with Crippen molar-refractivity contribution in [2.24, 2.45) is 5.73 Å². The van der Waals surface area contributed by atoms with Crippen LogP contribution in [-0.2, 0) is 11.2 Å². The lowest BCUT2D eigenvalue weighted by atomic mass is 10.1. The fourth-order valence-corrected chi connectivity index (χ4v) is 2.42. The van der Waals surface area contributed by atoms with Gasteiger partial charge in [-0.25, -0.2) is 4.39 Å². The standard InChI is InChI=1S/C16H16BrFN2O/c1-10-7-12(17)13(18)9-15(10)20-16(21)14(19)8-11-5-3-2-4-6-11/h2-7,9,14H,8,19H2,1H3,(H,20,21)/t14-/m0/s1. The van der Waals surface area contributed by atoms with Crippen LogP contribution in [0, 0.1) is 12.7 Å². The topological polar surface area (TPSA) is 55.1 Å². The Hall–Kier alpha value is -1.72. The molecule has 3 nitrogen and oxygen atoms in total. The highest BCUT2D eigenvalue weighted by Gasteiger charge is 2.16. The Balaban J connectivity index is 2.06. The summed E-state index contributed by atoms with van der Waals surface area (Å²) in [6.07, 6.45) is 0.435. The molecule has 110 valence electrons. The van der Waals surface area contributed by atoms with Crippen LogP contribution < -0.4 is 11.1 Å². The highest BCUT2D eigenvalue weighted by molar-refractivity contribution is 9.10. The van der Waals surface area contributed by atoms with Gasteiger partial charge >= 0.3 is 0 Å². The predicted molar refractivity (Wildman–Crippen MR) is 85.6 cm³/mol. The minimum absolute atomic E-state index is 0.330. The number of aryl methyl sites for hydroxylation is 1. The Morgan fingerprint density at radius 1 is 1.33 bits per heavy atom. The summed E-state index contributed by atoms with van der Waals surface area (Å²) in [4.78, 5) is 12.1. The van der Waals surface area contributed by atoms with Crippen molar-refractivity contribution < 1.29 is 9.18 Å². The van der Waals surface area contributed by atoms with Crippen molar-refractivity contribution in [2.45, 2.75) is 19.4 Å². The Morgan fingerprint density at radius 2 is 2.00 bits per heavy atom. The number of carbonyl (C=O) groups excluding carboxylic acids is 1. The fraction of sp³-hybridized carbons (Fsp3) is 0.188. The van der Waals surface area contributed by atoms with Crippen LogP contribution in [0.2, 0.25) is 0 Å².